The predicted octanol–water partition coefficient (Wildman–Crippen LogP) is 3.66. The number of hydrogen-bond donors (Lipinski definition) is 2. The average molecular weight is 407 g/mol. The van der Waals surface area contributed by atoms with Gasteiger partial charge in [0.1, 0.15) is 0 Å². The molecule has 20 heavy (non-hydrogen) atoms. The highest BCUT2D eigenvalue weighted by Gasteiger charge is 2.04. The Labute approximate surface area is 144 Å². The molecule has 0 spiro atoms. The number of guanidine groups is 1. The summed E-state index contributed by atoms with van der Waals surface area (Å²) in [5, 5.41) is 6.68. The molecule has 0 atom stereocenters. The van der Waals surface area contributed by atoms with Crippen molar-refractivity contribution in [2.75, 3.05) is 19.8 Å². The number of aliphatic imine (C=N–C) groups is 1. The van der Waals surface area contributed by atoms with Crippen LogP contribution in [-0.2, 0) is 6.54 Å². The molecule has 0 radical (unpaired) electrons. The number of rotatable bonds is 5. The molecule has 5 heteroatoms. The van der Waals surface area contributed by atoms with Gasteiger partial charge in [-0.1, -0.05) is 26.0 Å². The highest BCUT2D eigenvalue weighted by Crippen LogP contribution is 2.21. The Morgan fingerprint density at radius 2 is 2.00 bits per heavy atom. The van der Waals surface area contributed by atoms with Gasteiger partial charge in [0.15, 0.2) is 5.96 Å². The van der Waals surface area contributed by atoms with E-state index in [0.29, 0.717) is 5.92 Å². The first-order chi connectivity index (χ1) is 9.06. The Hall–Kier alpha value is -0.430. The van der Waals surface area contributed by atoms with Gasteiger partial charge in [0, 0.05) is 25.0 Å². The van der Waals surface area contributed by atoms with Crippen molar-refractivity contribution in [3.8, 4) is 0 Å². The van der Waals surface area contributed by atoms with E-state index in [0.717, 1.165) is 19.0 Å². The van der Waals surface area contributed by atoms with Crippen LogP contribution in [0.5, 0.6) is 0 Å². The number of hydrogen-bond acceptors (Lipinski definition) is 2. The summed E-state index contributed by atoms with van der Waals surface area (Å²) in [5.74, 6) is 1.47. The van der Waals surface area contributed by atoms with E-state index in [-0.39, 0.29) is 24.0 Å². The normalized spacial score (nSPS) is 11.2. The van der Waals surface area contributed by atoms with Crippen molar-refractivity contribution in [2.45, 2.75) is 32.2 Å². The van der Waals surface area contributed by atoms with Gasteiger partial charge in [0.05, 0.1) is 0 Å². The molecule has 0 unspecified atom stereocenters. The fraction of sp³-hybridized carbons (Fsp3) is 0.533. The Bertz CT molecular complexity index is 433. The first-order valence-corrected chi connectivity index (χ1v) is 7.87. The van der Waals surface area contributed by atoms with E-state index in [1.165, 1.54) is 16.0 Å². The number of halogens is 1. The molecule has 3 nitrogen and oxygen atoms in total. The molecular weight excluding hydrogens is 381 g/mol. The molecule has 1 aromatic carbocycles. The third-order valence-corrected chi connectivity index (χ3v) is 3.61. The number of benzene rings is 1. The highest BCUT2D eigenvalue weighted by atomic mass is 127. The van der Waals surface area contributed by atoms with Crippen LogP contribution in [0.15, 0.2) is 28.1 Å². The SMILES string of the molecule is CN=C(NCc1ccc(C)cc1SC)NCC(C)C.I. The zero-order chi connectivity index (χ0) is 14.3. The summed E-state index contributed by atoms with van der Waals surface area (Å²) in [5.41, 5.74) is 2.61. The van der Waals surface area contributed by atoms with Crippen molar-refractivity contribution in [1.29, 1.82) is 0 Å². The number of nitrogens with one attached hydrogen (secondary N) is 2. The summed E-state index contributed by atoms with van der Waals surface area (Å²) in [6.45, 7) is 8.23. The first-order valence-electron chi connectivity index (χ1n) is 6.64. The summed E-state index contributed by atoms with van der Waals surface area (Å²) in [6.07, 6.45) is 2.12. The molecule has 0 aromatic heterocycles. The van der Waals surface area contributed by atoms with Crippen molar-refractivity contribution < 1.29 is 0 Å². The monoisotopic (exact) mass is 407 g/mol. The molecule has 0 aliphatic heterocycles. The second-order valence-electron chi connectivity index (χ2n) is 5.02. The van der Waals surface area contributed by atoms with Gasteiger partial charge < -0.3 is 10.6 Å². The summed E-state index contributed by atoms with van der Waals surface area (Å²) >= 11 is 1.79. The van der Waals surface area contributed by atoms with Gasteiger partial charge in [0.2, 0.25) is 0 Å². The number of thioether (sulfide) groups is 1. The summed E-state index contributed by atoms with van der Waals surface area (Å²) in [4.78, 5) is 5.56. The van der Waals surface area contributed by atoms with E-state index in [4.69, 9.17) is 0 Å². The smallest absolute Gasteiger partial charge is 0.191 e. The number of nitrogens with zero attached hydrogens (tertiary/aromatic N) is 1. The van der Waals surface area contributed by atoms with Gasteiger partial charge >= 0.3 is 0 Å². The minimum absolute atomic E-state index is 0. The van der Waals surface area contributed by atoms with Crippen molar-refractivity contribution in [3.05, 3.63) is 29.3 Å². The largest absolute Gasteiger partial charge is 0.356 e. The quantitative estimate of drug-likeness (QED) is 0.339. The molecule has 0 bridgehead atoms. The second kappa shape index (κ2) is 10.3. The van der Waals surface area contributed by atoms with Crippen molar-refractivity contribution in [3.63, 3.8) is 0 Å². The Kier molecular flexibility index (Phi) is 10.1. The lowest BCUT2D eigenvalue weighted by atomic mass is 10.1. The van der Waals surface area contributed by atoms with Gasteiger partial charge in [-0.2, -0.15) is 0 Å². The van der Waals surface area contributed by atoms with E-state index in [1.807, 2.05) is 0 Å². The van der Waals surface area contributed by atoms with Crippen LogP contribution in [0.4, 0.5) is 0 Å². The minimum atomic E-state index is 0. The molecule has 0 aliphatic carbocycles. The summed E-state index contributed by atoms with van der Waals surface area (Å²) < 4.78 is 0. The van der Waals surface area contributed by atoms with E-state index in [1.54, 1.807) is 18.8 Å². The van der Waals surface area contributed by atoms with Crippen LogP contribution in [0, 0.1) is 12.8 Å². The zero-order valence-corrected chi connectivity index (χ0v) is 16.1. The van der Waals surface area contributed by atoms with Crippen molar-refractivity contribution in [2.24, 2.45) is 10.9 Å². The topological polar surface area (TPSA) is 36.4 Å². The van der Waals surface area contributed by atoms with Crippen LogP contribution in [0.2, 0.25) is 0 Å². The van der Waals surface area contributed by atoms with Crippen molar-refractivity contribution >= 4 is 41.7 Å². The lowest BCUT2D eigenvalue weighted by Gasteiger charge is -2.15. The Morgan fingerprint density at radius 1 is 1.30 bits per heavy atom. The third kappa shape index (κ3) is 6.83. The lowest BCUT2D eigenvalue weighted by molar-refractivity contribution is 0.614. The van der Waals surface area contributed by atoms with E-state index in [2.05, 4.69) is 60.9 Å². The number of aryl methyl sites for hydroxylation is 1. The maximum absolute atomic E-state index is 4.24. The average Bonchev–Trinajstić information content (AvgIpc) is 2.39. The Balaban J connectivity index is 0.00000361. The van der Waals surface area contributed by atoms with Crippen molar-refractivity contribution in [1.82, 2.24) is 10.6 Å². The van der Waals surface area contributed by atoms with Gasteiger partial charge in [0.25, 0.3) is 0 Å². The van der Waals surface area contributed by atoms with E-state index < -0.39 is 0 Å². The highest BCUT2D eigenvalue weighted by molar-refractivity contribution is 14.0. The molecule has 0 heterocycles. The molecule has 0 amide bonds. The molecule has 0 aliphatic rings. The fourth-order valence-electron chi connectivity index (χ4n) is 1.70. The van der Waals surface area contributed by atoms with Crippen LogP contribution >= 0.6 is 35.7 Å². The molecule has 0 saturated carbocycles. The lowest BCUT2D eigenvalue weighted by Crippen LogP contribution is -2.38. The second-order valence-corrected chi connectivity index (χ2v) is 5.86. The van der Waals surface area contributed by atoms with E-state index in [9.17, 15) is 0 Å². The van der Waals surface area contributed by atoms with E-state index >= 15 is 0 Å². The summed E-state index contributed by atoms with van der Waals surface area (Å²) in [7, 11) is 1.81. The van der Waals surface area contributed by atoms with Gasteiger partial charge in [-0.3, -0.25) is 4.99 Å². The zero-order valence-electron chi connectivity index (χ0n) is 13.0. The molecule has 1 rings (SSSR count). The molecule has 0 fully saturated rings. The third-order valence-electron chi connectivity index (χ3n) is 2.79. The molecule has 114 valence electrons. The molecule has 2 N–H and O–H groups in total. The molecule has 0 saturated heterocycles. The Morgan fingerprint density at radius 3 is 2.55 bits per heavy atom. The standard InChI is InChI=1S/C15H25N3S.HI/c1-11(2)9-17-15(16-4)18-10-13-7-6-12(3)8-14(13)19-5;/h6-8,11H,9-10H2,1-5H3,(H2,16,17,18);1H. The first kappa shape index (κ1) is 19.6. The molecule has 1 aromatic rings. The van der Waals surface area contributed by atoms with Crippen LogP contribution < -0.4 is 10.6 Å². The molecular formula is C15H26IN3S. The van der Waals surface area contributed by atoms with Crippen LogP contribution in [0.25, 0.3) is 0 Å². The van der Waals surface area contributed by atoms with Crippen LogP contribution in [0.1, 0.15) is 25.0 Å². The summed E-state index contributed by atoms with van der Waals surface area (Å²) in [6, 6.07) is 6.57. The van der Waals surface area contributed by atoms with Gasteiger partial charge in [-0.05, 0) is 36.3 Å². The maximum atomic E-state index is 4.24. The minimum Gasteiger partial charge on any atom is -0.356 e. The maximum Gasteiger partial charge on any atom is 0.191 e. The fourth-order valence-corrected chi connectivity index (χ4v) is 2.40. The van der Waals surface area contributed by atoms with Gasteiger partial charge in [-0.25, -0.2) is 0 Å². The predicted molar refractivity (Wildman–Crippen MR) is 101 cm³/mol. The van der Waals surface area contributed by atoms with Crippen LogP contribution in [-0.4, -0.2) is 25.8 Å². The van der Waals surface area contributed by atoms with Crippen LogP contribution in [0.3, 0.4) is 0 Å². The van der Waals surface area contributed by atoms with Gasteiger partial charge in [-0.15, -0.1) is 35.7 Å².